The molecule has 0 saturated carbocycles. The van der Waals surface area contributed by atoms with Crippen molar-refractivity contribution in [3.8, 4) is 17.0 Å². The fraction of sp³-hybridized carbons (Fsp3) is 0.455. The highest BCUT2D eigenvalue weighted by molar-refractivity contribution is 7.46. The summed E-state index contributed by atoms with van der Waals surface area (Å²) in [7, 11) is -3.45. The van der Waals surface area contributed by atoms with Crippen LogP contribution in [0.5, 0.6) is 5.88 Å². The van der Waals surface area contributed by atoms with Crippen molar-refractivity contribution in [1.29, 1.82) is 0 Å². The Morgan fingerprint density at radius 1 is 0.795 bits per heavy atom. The van der Waals surface area contributed by atoms with Gasteiger partial charge in [0.2, 0.25) is 11.8 Å². The number of pyridine rings is 3. The zero-order valence-electron chi connectivity index (χ0n) is 44.2. The van der Waals surface area contributed by atoms with Gasteiger partial charge >= 0.3 is 7.82 Å². The number of thiophene rings is 1. The third kappa shape index (κ3) is 9.96. The van der Waals surface area contributed by atoms with Crippen molar-refractivity contribution in [1.82, 2.24) is 29.7 Å². The number of aromatic nitrogens is 3. The number of phosphoric ester groups is 1. The molecule has 1 aliphatic carbocycles. The molecule has 3 fully saturated rings. The highest BCUT2D eigenvalue weighted by Crippen LogP contribution is 2.44. The highest BCUT2D eigenvalue weighted by atomic mass is 32.1. The number of imide groups is 2. The smallest absolute Gasteiger partial charge is 0.471 e. The van der Waals surface area contributed by atoms with E-state index in [1.165, 1.54) is 16.0 Å². The quantitative estimate of drug-likeness (QED) is 0.0734. The van der Waals surface area contributed by atoms with Crippen molar-refractivity contribution in [2.75, 3.05) is 66.6 Å². The van der Waals surface area contributed by atoms with E-state index in [9.17, 15) is 33.6 Å². The van der Waals surface area contributed by atoms with Crippen LogP contribution in [0.1, 0.15) is 118 Å². The first-order chi connectivity index (χ1) is 37.3. The van der Waals surface area contributed by atoms with Gasteiger partial charge in [-0.3, -0.25) is 48.1 Å². The predicted octanol–water partition coefficient (Wildman–Crippen LogP) is 6.41. The third-order valence-electron chi connectivity index (χ3n) is 16.2. The molecule has 78 heavy (non-hydrogen) atoms. The van der Waals surface area contributed by atoms with Gasteiger partial charge in [-0.1, -0.05) is 0 Å². The molecule has 1 unspecified atom stereocenters. The fourth-order valence-electron chi connectivity index (χ4n) is 12.4. The Kier molecular flexibility index (Phi) is 14.3. The number of amides is 5. The molecule has 23 heteroatoms. The lowest BCUT2D eigenvalue weighted by Crippen LogP contribution is -2.58. The number of benzene rings is 1. The van der Waals surface area contributed by atoms with Gasteiger partial charge in [0.15, 0.2) is 0 Å². The summed E-state index contributed by atoms with van der Waals surface area (Å²) in [6.45, 7) is 10.5. The van der Waals surface area contributed by atoms with Crippen molar-refractivity contribution in [2.24, 2.45) is 0 Å². The number of nitrogens with one attached hydrogen (secondary N) is 1. The second kappa shape index (κ2) is 20.9. The number of ether oxygens (including phenoxy) is 1. The van der Waals surface area contributed by atoms with Crippen molar-refractivity contribution in [3.63, 3.8) is 0 Å². The van der Waals surface area contributed by atoms with Gasteiger partial charge in [-0.25, -0.2) is 19.5 Å². The molecule has 21 nitrogen and oxygen atoms in total. The van der Waals surface area contributed by atoms with Gasteiger partial charge in [0.25, 0.3) is 23.6 Å². The molecule has 5 aromatic rings. The number of phosphoric acid groups is 1. The third-order valence-corrected chi connectivity index (χ3v) is 18.0. The lowest BCUT2D eigenvalue weighted by atomic mass is 9.89. The summed E-state index contributed by atoms with van der Waals surface area (Å²) >= 11 is 1.62. The summed E-state index contributed by atoms with van der Waals surface area (Å²) in [6.07, 6.45) is 11.8. The summed E-state index contributed by atoms with van der Waals surface area (Å²) in [5.41, 5.74) is 5.76. The molecule has 5 amide bonds. The van der Waals surface area contributed by atoms with Crippen LogP contribution in [0, 0.1) is 0 Å². The van der Waals surface area contributed by atoms with Crippen molar-refractivity contribution in [3.05, 3.63) is 98.6 Å². The summed E-state index contributed by atoms with van der Waals surface area (Å²) in [4.78, 5) is 112. The zero-order valence-corrected chi connectivity index (χ0v) is 45.9. The van der Waals surface area contributed by atoms with E-state index in [-0.39, 0.29) is 42.0 Å². The van der Waals surface area contributed by atoms with E-state index in [1.807, 2.05) is 30.5 Å². The van der Waals surface area contributed by atoms with Crippen molar-refractivity contribution in [2.45, 2.75) is 115 Å². The van der Waals surface area contributed by atoms with Crippen molar-refractivity contribution >= 4 is 77.4 Å². The van der Waals surface area contributed by atoms with Gasteiger partial charge in [-0.05, 0) is 138 Å². The monoisotopic (exact) mass is 1100 g/mol. The first-order valence-corrected chi connectivity index (χ1v) is 28.9. The van der Waals surface area contributed by atoms with Crippen molar-refractivity contribution < 1.29 is 52.7 Å². The first-order valence-electron chi connectivity index (χ1n) is 26.6. The average Bonchev–Trinajstić information content (AvgIpc) is 4.12. The molecule has 0 bridgehead atoms. The van der Waals surface area contributed by atoms with E-state index in [0.717, 1.165) is 85.7 Å². The molecule has 4 N–H and O–H groups in total. The molecule has 0 spiro atoms. The lowest BCUT2D eigenvalue weighted by molar-refractivity contribution is -0.155. The van der Waals surface area contributed by atoms with Gasteiger partial charge < -0.3 is 34.7 Å². The number of anilines is 5. The summed E-state index contributed by atoms with van der Waals surface area (Å²) in [5, 5.41) is 15.2. The van der Waals surface area contributed by atoms with E-state index in [0.29, 0.717) is 63.9 Å². The number of fused-ring (bicyclic) bond motifs is 4. The number of piperazine rings is 1. The summed E-state index contributed by atoms with van der Waals surface area (Å²) < 4.78 is 21.4. The zero-order chi connectivity index (χ0) is 54.9. The van der Waals surface area contributed by atoms with E-state index in [1.54, 1.807) is 61.7 Å². The normalized spacial score (nSPS) is 22.3. The number of nitrogens with zero attached hydrogens (tertiary/aromatic N) is 9. The Morgan fingerprint density at radius 2 is 1.56 bits per heavy atom. The van der Waals surface area contributed by atoms with E-state index in [4.69, 9.17) is 24.5 Å². The predicted molar refractivity (Wildman–Crippen MR) is 291 cm³/mol. The molecule has 0 radical (unpaired) electrons. The number of carbonyl (C=O) groups is 5. The van der Waals surface area contributed by atoms with E-state index in [2.05, 4.69) is 49.4 Å². The fourth-order valence-corrected chi connectivity index (χ4v) is 14.1. The number of methoxy groups -OCH3 is 1. The maximum absolute atomic E-state index is 14.2. The van der Waals surface area contributed by atoms with Gasteiger partial charge in [0, 0.05) is 91.4 Å². The number of aryl methyl sites for hydroxylation is 1. The van der Waals surface area contributed by atoms with Gasteiger partial charge in [-0.15, -0.1) is 11.3 Å². The Balaban J connectivity index is 0.724. The van der Waals surface area contributed by atoms with E-state index >= 15 is 0 Å². The van der Waals surface area contributed by atoms with Crippen LogP contribution in [0.2, 0.25) is 0 Å². The maximum atomic E-state index is 14.2. The number of hydrogen-bond donors (Lipinski definition) is 4. The van der Waals surface area contributed by atoms with Crippen LogP contribution in [0.3, 0.4) is 0 Å². The second-order valence-corrected chi connectivity index (χ2v) is 23.9. The number of likely N-dealkylation sites (tertiary alicyclic amines) is 1. The Bertz CT molecular complexity index is 3290. The molecular weight excluding hydrogens is 1040 g/mol. The van der Waals surface area contributed by atoms with Crippen LogP contribution >= 0.6 is 19.2 Å². The van der Waals surface area contributed by atoms with Crippen LogP contribution in [0.4, 0.5) is 28.7 Å². The van der Waals surface area contributed by atoms with Crippen LogP contribution in [-0.4, -0.2) is 145 Å². The highest BCUT2D eigenvalue weighted by Gasteiger charge is 2.48. The van der Waals surface area contributed by atoms with Gasteiger partial charge in [-0.2, -0.15) is 0 Å². The molecule has 4 atom stereocenters. The molecule has 9 heterocycles. The maximum Gasteiger partial charge on any atom is 0.471 e. The average molecular weight is 1100 g/mol. The number of hydrogen-bond acceptors (Lipinski definition) is 17. The topological polar surface area (TPSA) is 252 Å². The second-order valence-electron chi connectivity index (χ2n) is 21.6. The molecule has 11 rings (SSSR count). The molecule has 6 aliphatic rings. The number of carbonyl (C=O) groups excluding carboxylic acids is 5. The standard InChI is InChI=1S/C55H63N10O11PS/c1-31-24-34(17-20-61(31)35-10-12-40-41(26-35)52(68)65(51(40)67)43-13-15-46(66)64(53(43)69)30-76-77(72,73)74)60-22-23-62(32(2)29-60)36-11-14-45(57-28-36)59-42-25-33(27-58-50(42)75-5)37-16-19-56-49(47(37)55(3,4)71)63-21-18-39-38-8-6-7-9-44(38)78-48(39)54(63)70/h10-12,14,16,19,25-28,31-32,34,43,71H,6-9,13,15,17-18,20-24,29-30H2,1-5H3,(H,57,59)(H2,72,73,74)/t31-,32-,34?,43-/m0/s1. The number of piperidine rings is 2. The molecule has 4 aromatic heterocycles. The molecule has 5 aliphatic heterocycles. The van der Waals surface area contributed by atoms with E-state index < -0.39 is 49.8 Å². The summed E-state index contributed by atoms with van der Waals surface area (Å²) in [6, 6.07) is 12.1. The Morgan fingerprint density at radius 3 is 2.29 bits per heavy atom. The minimum absolute atomic E-state index is 0.0710. The number of aliphatic hydroxyl groups is 1. The molecule has 1 aromatic carbocycles. The minimum atomic E-state index is -5.01. The largest absolute Gasteiger partial charge is 0.480 e. The first kappa shape index (κ1) is 53.4. The molecule has 3 saturated heterocycles. The SMILES string of the molecule is COc1ncc(-c2ccnc(N3CCc4c(sc5c4CCCC5)C3=O)c2C(C)(C)O)cc1Nc1ccc(N2CCN(C3CCN(c4ccc5c(c4)C(=O)N([C@H]4CCC(=O)N(COP(=O)(O)O)C4=O)C5=O)[C@@H](C)C3)C[C@@H]2C)cn1. The summed E-state index contributed by atoms with van der Waals surface area (Å²) in [5.74, 6) is -1.69. The van der Waals surface area contributed by atoms with Crippen LogP contribution in [-0.2, 0) is 43.5 Å². The van der Waals surface area contributed by atoms with Crippen LogP contribution in [0.25, 0.3) is 11.1 Å². The lowest BCUT2D eigenvalue weighted by Gasteiger charge is -2.48. The van der Waals surface area contributed by atoms with Gasteiger partial charge in [0.05, 0.1) is 40.6 Å². The Hall–Kier alpha value is -6.65. The molecular formula is C55H63N10O11PS. The Labute approximate surface area is 455 Å². The van der Waals surface area contributed by atoms with Crippen LogP contribution < -0.4 is 24.8 Å². The van der Waals surface area contributed by atoms with Crippen LogP contribution in [0.15, 0.2) is 61.1 Å². The minimum Gasteiger partial charge on any atom is -0.480 e. The molecule has 410 valence electrons. The van der Waals surface area contributed by atoms with Gasteiger partial charge in [0.1, 0.15) is 30.1 Å². The number of rotatable bonds is 13.